The van der Waals surface area contributed by atoms with E-state index in [9.17, 15) is 14.0 Å². The number of halogens is 1. The number of carbonyl (C=O) groups excluding carboxylic acids is 2. The average Bonchev–Trinajstić information content (AvgIpc) is 3.27. The molecule has 2 aromatic carbocycles. The molecule has 176 valence electrons. The quantitative estimate of drug-likeness (QED) is 0.595. The molecule has 6 nitrogen and oxygen atoms in total. The van der Waals surface area contributed by atoms with E-state index < -0.39 is 0 Å². The topological polar surface area (TPSA) is 65.5 Å². The zero-order valence-corrected chi connectivity index (χ0v) is 19.9. The Labute approximate surface area is 202 Å². The highest BCUT2D eigenvalue weighted by molar-refractivity contribution is 7.16. The number of amides is 2. The molecule has 0 saturated carbocycles. The molecule has 5 rings (SSSR count). The Kier molecular flexibility index (Phi) is 6.32. The first-order valence-electron chi connectivity index (χ1n) is 11.6. The second-order valence-corrected chi connectivity index (χ2v) is 9.96. The summed E-state index contributed by atoms with van der Waals surface area (Å²) in [6.07, 6.45) is 2.60. The zero-order chi connectivity index (χ0) is 23.7. The highest BCUT2D eigenvalue weighted by atomic mass is 32.1. The second-order valence-electron chi connectivity index (χ2n) is 8.88. The molecule has 1 aliphatic heterocycles. The molecule has 2 amide bonds. The van der Waals surface area contributed by atoms with Gasteiger partial charge in [0.25, 0.3) is 5.91 Å². The lowest BCUT2D eigenvalue weighted by atomic mass is 9.89. The monoisotopic (exact) mass is 478 g/mol. The number of nitrogens with one attached hydrogen (secondary N) is 1. The van der Waals surface area contributed by atoms with E-state index in [0.29, 0.717) is 36.9 Å². The van der Waals surface area contributed by atoms with Crippen LogP contribution in [-0.4, -0.2) is 47.9 Å². The Morgan fingerprint density at radius 3 is 2.44 bits per heavy atom. The lowest BCUT2D eigenvalue weighted by molar-refractivity contribution is -0.133. The fraction of sp³-hybridized carbons (Fsp3) is 0.346. The first-order chi connectivity index (χ1) is 16.5. The summed E-state index contributed by atoms with van der Waals surface area (Å²) >= 11 is 1.48. The Morgan fingerprint density at radius 1 is 1.03 bits per heavy atom. The minimum Gasteiger partial charge on any atom is -0.368 e. The molecule has 3 aromatic rings. The van der Waals surface area contributed by atoms with E-state index in [1.54, 1.807) is 24.3 Å². The summed E-state index contributed by atoms with van der Waals surface area (Å²) in [5.41, 5.74) is 3.48. The molecule has 1 aromatic heterocycles. The van der Waals surface area contributed by atoms with E-state index in [1.807, 2.05) is 24.0 Å². The lowest BCUT2D eigenvalue weighted by Crippen LogP contribution is -2.50. The molecule has 1 unspecified atom stereocenters. The molecule has 0 bridgehead atoms. The van der Waals surface area contributed by atoms with Gasteiger partial charge in [0.1, 0.15) is 5.82 Å². The number of benzene rings is 2. The van der Waals surface area contributed by atoms with Crippen molar-refractivity contribution >= 4 is 34.0 Å². The van der Waals surface area contributed by atoms with Gasteiger partial charge in [-0.3, -0.25) is 14.9 Å². The number of fused-ring (bicyclic) bond motifs is 1. The molecule has 1 fully saturated rings. The van der Waals surface area contributed by atoms with Crippen LogP contribution >= 0.6 is 11.3 Å². The van der Waals surface area contributed by atoms with E-state index in [-0.39, 0.29) is 23.5 Å². The number of aromatic nitrogens is 1. The Hall–Kier alpha value is -3.26. The van der Waals surface area contributed by atoms with Crippen molar-refractivity contribution in [2.45, 2.75) is 32.1 Å². The number of hydrogen-bond acceptors (Lipinski definition) is 5. The van der Waals surface area contributed by atoms with Gasteiger partial charge in [-0.05, 0) is 62.6 Å². The molecule has 0 radical (unpaired) electrons. The number of hydrogen-bond donors (Lipinski definition) is 1. The largest absolute Gasteiger partial charge is 0.368 e. The van der Waals surface area contributed by atoms with Crippen LogP contribution in [0.3, 0.4) is 0 Å². The number of nitrogens with zero attached hydrogens (tertiary/aromatic N) is 3. The van der Waals surface area contributed by atoms with Crippen LogP contribution in [0.4, 0.5) is 15.2 Å². The third-order valence-electron chi connectivity index (χ3n) is 6.57. The number of thiazole rings is 1. The minimum absolute atomic E-state index is 0.112. The van der Waals surface area contributed by atoms with Crippen LogP contribution in [0.15, 0.2) is 48.5 Å². The summed E-state index contributed by atoms with van der Waals surface area (Å²) in [5, 5.41) is 3.46. The van der Waals surface area contributed by atoms with Crippen molar-refractivity contribution in [2.24, 2.45) is 0 Å². The van der Waals surface area contributed by atoms with E-state index in [1.165, 1.54) is 23.5 Å². The van der Waals surface area contributed by atoms with Crippen LogP contribution in [0.2, 0.25) is 0 Å². The molecule has 1 saturated heterocycles. The van der Waals surface area contributed by atoms with Crippen LogP contribution in [0.1, 0.15) is 45.3 Å². The predicted octanol–water partition coefficient (Wildman–Crippen LogP) is 4.61. The smallest absolute Gasteiger partial charge is 0.257 e. The zero-order valence-electron chi connectivity index (χ0n) is 19.1. The maximum atomic E-state index is 13.4. The van der Waals surface area contributed by atoms with Gasteiger partial charge in [0.05, 0.1) is 11.6 Å². The molecule has 8 heteroatoms. The van der Waals surface area contributed by atoms with Crippen LogP contribution < -0.4 is 10.2 Å². The number of anilines is 2. The minimum atomic E-state index is -0.262. The Balaban J connectivity index is 1.25. The normalized spacial score (nSPS) is 17.9. The fourth-order valence-electron chi connectivity index (χ4n) is 4.64. The number of rotatable bonds is 4. The van der Waals surface area contributed by atoms with Crippen molar-refractivity contribution in [3.8, 4) is 0 Å². The lowest BCUT2D eigenvalue weighted by Gasteiger charge is -2.38. The van der Waals surface area contributed by atoms with Crippen molar-refractivity contribution in [3.63, 3.8) is 0 Å². The SMILES string of the molecule is Cc1ccc(C(=O)Nc2nc3c(s2)CCCC3C(=O)N2CCN(c3ccc(F)cc3)CC2)cc1. The van der Waals surface area contributed by atoms with Crippen molar-refractivity contribution in [2.75, 3.05) is 36.4 Å². The van der Waals surface area contributed by atoms with E-state index in [4.69, 9.17) is 4.98 Å². The van der Waals surface area contributed by atoms with Gasteiger partial charge in [-0.2, -0.15) is 0 Å². The van der Waals surface area contributed by atoms with Crippen molar-refractivity contribution in [1.29, 1.82) is 0 Å². The summed E-state index contributed by atoms with van der Waals surface area (Å²) in [7, 11) is 0. The molecule has 34 heavy (non-hydrogen) atoms. The van der Waals surface area contributed by atoms with Crippen molar-refractivity contribution in [1.82, 2.24) is 9.88 Å². The predicted molar refractivity (Wildman–Crippen MR) is 132 cm³/mol. The van der Waals surface area contributed by atoms with Gasteiger partial charge in [-0.1, -0.05) is 17.7 Å². The molecule has 1 aliphatic carbocycles. The van der Waals surface area contributed by atoms with Gasteiger partial charge >= 0.3 is 0 Å². The van der Waals surface area contributed by atoms with Gasteiger partial charge in [-0.15, -0.1) is 11.3 Å². The second kappa shape index (κ2) is 9.54. The molecular formula is C26H27FN4O2S. The van der Waals surface area contributed by atoms with Crippen LogP contribution in [0.5, 0.6) is 0 Å². The number of aryl methyl sites for hydroxylation is 2. The summed E-state index contributed by atoms with van der Waals surface area (Å²) < 4.78 is 13.2. The van der Waals surface area contributed by atoms with Crippen molar-refractivity contribution in [3.05, 3.63) is 76.0 Å². The number of carbonyl (C=O) groups is 2. The van der Waals surface area contributed by atoms with Gasteiger partial charge < -0.3 is 9.80 Å². The number of piperazine rings is 1. The van der Waals surface area contributed by atoms with E-state index in [2.05, 4.69) is 10.2 Å². The summed E-state index contributed by atoms with van der Waals surface area (Å²) in [4.78, 5) is 35.9. The van der Waals surface area contributed by atoms with Crippen molar-refractivity contribution < 1.29 is 14.0 Å². The molecule has 1 atom stereocenters. The highest BCUT2D eigenvalue weighted by Crippen LogP contribution is 2.38. The Bertz CT molecular complexity index is 1180. The molecule has 2 heterocycles. The third kappa shape index (κ3) is 4.68. The average molecular weight is 479 g/mol. The van der Waals surface area contributed by atoms with Gasteiger partial charge in [0.15, 0.2) is 5.13 Å². The molecule has 0 spiro atoms. The van der Waals surface area contributed by atoms with Gasteiger partial charge in [0.2, 0.25) is 5.91 Å². The summed E-state index contributed by atoms with van der Waals surface area (Å²) in [6, 6.07) is 13.9. The van der Waals surface area contributed by atoms with E-state index >= 15 is 0 Å². The van der Waals surface area contributed by atoms with Crippen LogP contribution in [0.25, 0.3) is 0 Å². The van der Waals surface area contributed by atoms with E-state index in [0.717, 1.165) is 41.1 Å². The van der Waals surface area contributed by atoms with Crippen LogP contribution in [0, 0.1) is 12.7 Å². The first kappa shape index (κ1) is 22.5. The maximum Gasteiger partial charge on any atom is 0.257 e. The maximum absolute atomic E-state index is 13.4. The van der Waals surface area contributed by atoms with Crippen LogP contribution in [-0.2, 0) is 11.2 Å². The van der Waals surface area contributed by atoms with Gasteiger partial charge in [0, 0.05) is 42.3 Å². The summed E-state index contributed by atoms with van der Waals surface area (Å²) in [6.45, 7) is 4.67. The highest BCUT2D eigenvalue weighted by Gasteiger charge is 2.34. The first-order valence-corrected chi connectivity index (χ1v) is 12.5. The molecule has 2 aliphatic rings. The third-order valence-corrected chi connectivity index (χ3v) is 7.62. The standard InChI is InChI=1S/C26H27FN4O2S/c1-17-5-7-18(8-6-17)24(32)29-26-28-23-21(3-2-4-22(23)34-26)25(33)31-15-13-30(14-16-31)20-11-9-19(27)10-12-20/h5-12,21H,2-4,13-16H2,1H3,(H,28,29,32). The Morgan fingerprint density at radius 2 is 1.74 bits per heavy atom. The summed E-state index contributed by atoms with van der Waals surface area (Å²) in [5.74, 6) is -0.585. The molecule has 1 N–H and O–H groups in total. The fourth-order valence-corrected chi connectivity index (χ4v) is 5.70. The molecular weight excluding hydrogens is 451 g/mol. The van der Waals surface area contributed by atoms with Gasteiger partial charge in [-0.25, -0.2) is 9.37 Å².